The van der Waals surface area contributed by atoms with E-state index in [9.17, 15) is 0 Å². The molecule has 0 spiro atoms. The average Bonchev–Trinajstić information content (AvgIpc) is 2.04. The van der Waals surface area contributed by atoms with E-state index in [1.54, 1.807) is 0 Å². The number of hydrogen-bond donors (Lipinski definition) is 1. The molecule has 1 heterocycles. The van der Waals surface area contributed by atoms with Crippen LogP contribution in [0.2, 0.25) is 0 Å². The van der Waals surface area contributed by atoms with Crippen LogP contribution in [-0.4, -0.2) is 31.1 Å². The summed E-state index contributed by atoms with van der Waals surface area (Å²) in [4.78, 5) is 6.94. The zero-order valence-corrected chi connectivity index (χ0v) is 7.25. The third-order valence-corrected chi connectivity index (χ3v) is 2.40. The quantitative estimate of drug-likeness (QED) is 0.612. The van der Waals surface area contributed by atoms with E-state index in [0.717, 1.165) is 12.5 Å². The molecule has 1 rings (SSSR count). The van der Waals surface area contributed by atoms with Crippen LogP contribution >= 0.6 is 0 Å². The molecule has 0 aliphatic carbocycles. The predicted molar refractivity (Wildman–Crippen MR) is 45.0 cm³/mol. The molecule has 1 aliphatic rings. The van der Waals surface area contributed by atoms with Crippen molar-refractivity contribution in [2.24, 2.45) is 11.8 Å². The third-order valence-electron chi connectivity index (χ3n) is 2.40. The molecule has 0 atom stereocenters. The minimum atomic E-state index is 0.661. The maximum atomic E-state index is 4.95. The number of hydrogen-bond acceptors (Lipinski definition) is 3. The van der Waals surface area contributed by atoms with Crippen LogP contribution in [0.15, 0.2) is 0 Å². The Morgan fingerprint density at radius 2 is 2.09 bits per heavy atom. The van der Waals surface area contributed by atoms with Gasteiger partial charge in [-0.3, -0.25) is 0 Å². The largest absolute Gasteiger partial charge is 0.303 e. The highest BCUT2D eigenvalue weighted by molar-refractivity contribution is 4.68. The van der Waals surface area contributed by atoms with Crippen LogP contribution in [0.5, 0.6) is 0 Å². The fourth-order valence-corrected chi connectivity index (χ4v) is 1.47. The molecule has 3 heteroatoms. The second-order valence-electron chi connectivity index (χ2n) is 3.39. The SMILES string of the molecule is CC1CCN(CCON)CC1. The number of nitrogens with two attached hydrogens (primary N) is 1. The van der Waals surface area contributed by atoms with Crippen LogP contribution in [0.3, 0.4) is 0 Å². The summed E-state index contributed by atoms with van der Waals surface area (Å²) in [5.74, 6) is 5.85. The van der Waals surface area contributed by atoms with Crippen LogP contribution in [0.4, 0.5) is 0 Å². The Balaban J connectivity index is 2.07. The molecule has 0 unspecified atom stereocenters. The number of likely N-dealkylation sites (tertiary alicyclic amines) is 1. The number of nitrogens with zero attached hydrogens (tertiary/aromatic N) is 1. The van der Waals surface area contributed by atoms with Crippen molar-refractivity contribution in [2.45, 2.75) is 19.8 Å². The molecule has 1 fully saturated rings. The van der Waals surface area contributed by atoms with Crippen LogP contribution in [0.25, 0.3) is 0 Å². The average molecular weight is 158 g/mol. The highest BCUT2D eigenvalue weighted by Crippen LogP contribution is 2.14. The van der Waals surface area contributed by atoms with E-state index in [0.29, 0.717) is 6.61 Å². The minimum Gasteiger partial charge on any atom is -0.303 e. The van der Waals surface area contributed by atoms with Gasteiger partial charge in [-0.05, 0) is 31.8 Å². The predicted octanol–water partition coefficient (Wildman–Crippen LogP) is 0.609. The van der Waals surface area contributed by atoms with Gasteiger partial charge >= 0.3 is 0 Å². The highest BCUT2D eigenvalue weighted by Gasteiger charge is 2.14. The van der Waals surface area contributed by atoms with Crippen LogP contribution in [-0.2, 0) is 4.84 Å². The molecule has 0 radical (unpaired) electrons. The van der Waals surface area contributed by atoms with Gasteiger partial charge in [-0.2, -0.15) is 0 Å². The standard InChI is InChI=1S/C8H18N2O/c1-8-2-4-10(5-3-8)6-7-11-9/h8H,2-7,9H2,1H3. The Hall–Kier alpha value is -0.120. The van der Waals surface area contributed by atoms with Gasteiger partial charge in [-0.15, -0.1) is 0 Å². The topological polar surface area (TPSA) is 38.5 Å². The van der Waals surface area contributed by atoms with Gasteiger partial charge in [-0.25, -0.2) is 5.90 Å². The van der Waals surface area contributed by atoms with E-state index >= 15 is 0 Å². The van der Waals surface area contributed by atoms with Gasteiger partial charge in [0.05, 0.1) is 6.61 Å². The highest BCUT2D eigenvalue weighted by atomic mass is 16.6. The first-order chi connectivity index (χ1) is 5.33. The van der Waals surface area contributed by atoms with Crippen molar-refractivity contribution >= 4 is 0 Å². The summed E-state index contributed by atoms with van der Waals surface area (Å²) in [5, 5.41) is 0. The Morgan fingerprint density at radius 3 is 2.64 bits per heavy atom. The fourth-order valence-electron chi connectivity index (χ4n) is 1.47. The molecule has 0 aromatic rings. The van der Waals surface area contributed by atoms with Crippen LogP contribution in [0.1, 0.15) is 19.8 Å². The fraction of sp³-hybridized carbons (Fsp3) is 1.00. The Bertz CT molecular complexity index is 97.5. The van der Waals surface area contributed by atoms with E-state index in [4.69, 9.17) is 5.90 Å². The monoisotopic (exact) mass is 158 g/mol. The van der Waals surface area contributed by atoms with Crippen molar-refractivity contribution in [3.05, 3.63) is 0 Å². The van der Waals surface area contributed by atoms with Crippen molar-refractivity contribution in [1.29, 1.82) is 0 Å². The van der Waals surface area contributed by atoms with Gasteiger partial charge in [0.15, 0.2) is 0 Å². The lowest BCUT2D eigenvalue weighted by atomic mass is 9.99. The second-order valence-corrected chi connectivity index (χ2v) is 3.39. The van der Waals surface area contributed by atoms with E-state index in [-0.39, 0.29) is 0 Å². The molecule has 0 bridgehead atoms. The molecule has 2 N–H and O–H groups in total. The van der Waals surface area contributed by atoms with E-state index in [2.05, 4.69) is 16.7 Å². The molecule has 0 aromatic heterocycles. The van der Waals surface area contributed by atoms with Gasteiger partial charge in [0, 0.05) is 6.54 Å². The third kappa shape index (κ3) is 3.18. The smallest absolute Gasteiger partial charge is 0.0806 e. The van der Waals surface area contributed by atoms with Gasteiger partial charge in [-0.1, -0.05) is 6.92 Å². The van der Waals surface area contributed by atoms with Crippen LogP contribution in [0, 0.1) is 5.92 Å². The van der Waals surface area contributed by atoms with Crippen molar-refractivity contribution < 1.29 is 4.84 Å². The second kappa shape index (κ2) is 4.70. The molecule has 1 saturated heterocycles. The number of rotatable bonds is 3. The maximum absolute atomic E-state index is 4.95. The summed E-state index contributed by atoms with van der Waals surface area (Å²) in [5.41, 5.74) is 0. The zero-order chi connectivity index (χ0) is 8.10. The first-order valence-corrected chi connectivity index (χ1v) is 4.37. The lowest BCUT2D eigenvalue weighted by Gasteiger charge is -2.29. The summed E-state index contributed by atoms with van der Waals surface area (Å²) in [6, 6.07) is 0. The Morgan fingerprint density at radius 1 is 1.45 bits per heavy atom. The summed E-state index contributed by atoms with van der Waals surface area (Å²) < 4.78 is 0. The molecule has 0 aromatic carbocycles. The molecule has 11 heavy (non-hydrogen) atoms. The van der Waals surface area contributed by atoms with Crippen LogP contribution < -0.4 is 5.90 Å². The zero-order valence-electron chi connectivity index (χ0n) is 7.25. The lowest BCUT2D eigenvalue weighted by molar-refractivity contribution is 0.0911. The Kier molecular flexibility index (Phi) is 3.83. The Labute approximate surface area is 68.5 Å². The lowest BCUT2D eigenvalue weighted by Crippen LogP contribution is -2.35. The summed E-state index contributed by atoms with van der Waals surface area (Å²) >= 11 is 0. The summed E-state index contributed by atoms with van der Waals surface area (Å²) in [7, 11) is 0. The molecular formula is C8H18N2O. The molecular weight excluding hydrogens is 140 g/mol. The van der Waals surface area contributed by atoms with Crippen molar-refractivity contribution in [2.75, 3.05) is 26.2 Å². The molecule has 1 aliphatic heterocycles. The van der Waals surface area contributed by atoms with Gasteiger partial charge in [0.1, 0.15) is 0 Å². The van der Waals surface area contributed by atoms with Gasteiger partial charge in [0.25, 0.3) is 0 Å². The normalized spacial score (nSPS) is 22.4. The van der Waals surface area contributed by atoms with Crippen molar-refractivity contribution in [3.8, 4) is 0 Å². The first kappa shape index (κ1) is 8.97. The van der Waals surface area contributed by atoms with Crippen molar-refractivity contribution in [3.63, 3.8) is 0 Å². The van der Waals surface area contributed by atoms with Gasteiger partial charge in [0.2, 0.25) is 0 Å². The minimum absolute atomic E-state index is 0.661. The molecule has 3 nitrogen and oxygen atoms in total. The summed E-state index contributed by atoms with van der Waals surface area (Å²) in [6.45, 7) is 6.39. The van der Waals surface area contributed by atoms with E-state index in [1.807, 2.05) is 0 Å². The van der Waals surface area contributed by atoms with Crippen molar-refractivity contribution in [1.82, 2.24) is 4.90 Å². The van der Waals surface area contributed by atoms with E-state index < -0.39 is 0 Å². The molecule has 66 valence electrons. The molecule has 0 saturated carbocycles. The van der Waals surface area contributed by atoms with Gasteiger partial charge < -0.3 is 9.74 Å². The first-order valence-electron chi connectivity index (χ1n) is 4.37. The summed E-state index contributed by atoms with van der Waals surface area (Å²) in [6.07, 6.45) is 2.65. The number of piperidine rings is 1. The van der Waals surface area contributed by atoms with E-state index in [1.165, 1.54) is 25.9 Å². The maximum Gasteiger partial charge on any atom is 0.0806 e. The molecule has 0 amide bonds.